The van der Waals surface area contributed by atoms with Gasteiger partial charge in [-0.05, 0) is 27.7 Å². The standard InChI is InChI=1S/C13H19N3O3S/c1-8-10(11(18)19-13(2,3)4)20-12(15-8)16-6-5-14-9(17)7-16/h5-7H2,1-4H3,(H,14,17). The van der Waals surface area contributed by atoms with Gasteiger partial charge in [-0.15, -0.1) is 0 Å². The number of rotatable bonds is 2. The molecule has 7 heteroatoms. The van der Waals surface area contributed by atoms with Gasteiger partial charge in [-0.1, -0.05) is 11.3 Å². The second kappa shape index (κ2) is 5.40. The van der Waals surface area contributed by atoms with Crippen molar-refractivity contribution < 1.29 is 14.3 Å². The van der Waals surface area contributed by atoms with E-state index in [1.807, 2.05) is 25.7 Å². The first-order valence-corrected chi connectivity index (χ1v) is 7.30. The molecule has 0 saturated carbocycles. The first-order chi connectivity index (χ1) is 9.26. The molecule has 0 bridgehead atoms. The quantitative estimate of drug-likeness (QED) is 0.834. The molecule has 1 amide bonds. The molecule has 0 aliphatic carbocycles. The van der Waals surface area contributed by atoms with E-state index in [0.29, 0.717) is 28.8 Å². The van der Waals surface area contributed by atoms with Gasteiger partial charge in [0.1, 0.15) is 10.5 Å². The summed E-state index contributed by atoms with van der Waals surface area (Å²) in [6.07, 6.45) is 0. The van der Waals surface area contributed by atoms with Crippen molar-refractivity contribution in [1.82, 2.24) is 10.3 Å². The van der Waals surface area contributed by atoms with Crippen LogP contribution in [-0.4, -0.2) is 42.1 Å². The molecule has 110 valence electrons. The number of thiazole rings is 1. The number of nitrogens with zero attached hydrogens (tertiary/aromatic N) is 2. The Morgan fingerprint density at radius 2 is 2.15 bits per heavy atom. The zero-order valence-corrected chi connectivity index (χ0v) is 13.0. The molecule has 1 aromatic heterocycles. The Morgan fingerprint density at radius 1 is 1.45 bits per heavy atom. The number of hydrogen-bond donors (Lipinski definition) is 1. The van der Waals surface area contributed by atoms with E-state index in [9.17, 15) is 9.59 Å². The van der Waals surface area contributed by atoms with Crippen LogP contribution in [0.5, 0.6) is 0 Å². The summed E-state index contributed by atoms with van der Waals surface area (Å²) in [5, 5.41) is 3.45. The highest BCUT2D eigenvalue weighted by atomic mass is 32.1. The molecule has 1 aromatic rings. The van der Waals surface area contributed by atoms with Gasteiger partial charge in [0, 0.05) is 13.1 Å². The van der Waals surface area contributed by atoms with Crippen LogP contribution in [0.4, 0.5) is 5.13 Å². The fourth-order valence-electron chi connectivity index (χ4n) is 1.83. The third-order valence-corrected chi connectivity index (χ3v) is 3.88. The normalized spacial score (nSPS) is 16.0. The first-order valence-electron chi connectivity index (χ1n) is 6.49. The molecule has 1 fully saturated rings. The van der Waals surface area contributed by atoms with Gasteiger partial charge in [0.05, 0.1) is 12.2 Å². The van der Waals surface area contributed by atoms with E-state index in [2.05, 4.69) is 10.3 Å². The van der Waals surface area contributed by atoms with Crippen molar-refractivity contribution in [3.05, 3.63) is 10.6 Å². The number of aromatic nitrogens is 1. The van der Waals surface area contributed by atoms with E-state index in [1.54, 1.807) is 6.92 Å². The van der Waals surface area contributed by atoms with E-state index in [0.717, 1.165) is 0 Å². The van der Waals surface area contributed by atoms with Crippen LogP contribution in [-0.2, 0) is 9.53 Å². The van der Waals surface area contributed by atoms with Crippen molar-refractivity contribution in [2.45, 2.75) is 33.3 Å². The van der Waals surface area contributed by atoms with Crippen LogP contribution in [0.1, 0.15) is 36.1 Å². The van der Waals surface area contributed by atoms with Gasteiger partial charge in [-0.2, -0.15) is 0 Å². The number of carbonyl (C=O) groups is 2. The van der Waals surface area contributed by atoms with E-state index in [4.69, 9.17) is 4.74 Å². The van der Waals surface area contributed by atoms with Gasteiger partial charge in [0.2, 0.25) is 5.91 Å². The predicted octanol–water partition coefficient (Wildman–Crippen LogP) is 1.34. The summed E-state index contributed by atoms with van der Waals surface area (Å²) in [6, 6.07) is 0. The van der Waals surface area contributed by atoms with Crippen molar-refractivity contribution in [3.8, 4) is 0 Å². The number of ether oxygens (including phenoxy) is 1. The van der Waals surface area contributed by atoms with Crippen molar-refractivity contribution in [1.29, 1.82) is 0 Å². The highest BCUT2D eigenvalue weighted by Gasteiger charge is 2.25. The highest BCUT2D eigenvalue weighted by molar-refractivity contribution is 7.17. The number of anilines is 1. The van der Waals surface area contributed by atoms with Crippen LogP contribution >= 0.6 is 11.3 Å². The van der Waals surface area contributed by atoms with Crippen LogP contribution < -0.4 is 10.2 Å². The Labute approximate surface area is 122 Å². The molecule has 2 heterocycles. The first kappa shape index (κ1) is 14.8. The van der Waals surface area contributed by atoms with Gasteiger partial charge in [-0.3, -0.25) is 4.79 Å². The summed E-state index contributed by atoms with van der Waals surface area (Å²) in [5.41, 5.74) is 0.115. The number of carbonyl (C=O) groups excluding carboxylic acids is 2. The average Bonchev–Trinajstić information content (AvgIpc) is 2.69. The molecule has 0 radical (unpaired) electrons. The van der Waals surface area contributed by atoms with E-state index >= 15 is 0 Å². The Hall–Kier alpha value is -1.63. The maximum atomic E-state index is 12.1. The average molecular weight is 297 g/mol. The van der Waals surface area contributed by atoms with Crippen LogP contribution in [0.2, 0.25) is 0 Å². The Balaban J connectivity index is 2.17. The second-order valence-corrected chi connectivity index (χ2v) is 6.66. The van der Waals surface area contributed by atoms with E-state index < -0.39 is 5.60 Å². The molecule has 20 heavy (non-hydrogen) atoms. The SMILES string of the molecule is Cc1nc(N2CCNC(=O)C2)sc1C(=O)OC(C)(C)C. The fourth-order valence-corrected chi connectivity index (χ4v) is 2.80. The Bertz CT molecular complexity index is 533. The van der Waals surface area contributed by atoms with E-state index in [-0.39, 0.29) is 18.4 Å². The summed E-state index contributed by atoms with van der Waals surface area (Å²) < 4.78 is 5.36. The smallest absolute Gasteiger partial charge is 0.350 e. The summed E-state index contributed by atoms with van der Waals surface area (Å²) >= 11 is 1.28. The number of piperazine rings is 1. The third-order valence-electron chi connectivity index (χ3n) is 2.68. The third kappa shape index (κ3) is 3.47. The lowest BCUT2D eigenvalue weighted by Gasteiger charge is -2.25. The zero-order valence-electron chi connectivity index (χ0n) is 12.1. The molecule has 0 atom stereocenters. The molecule has 0 unspecified atom stereocenters. The summed E-state index contributed by atoms with van der Waals surface area (Å²) in [7, 11) is 0. The Morgan fingerprint density at radius 3 is 2.75 bits per heavy atom. The maximum absolute atomic E-state index is 12.1. The molecule has 0 spiro atoms. The van der Waals surface area contributed by atoms with Gasteiger partial charge < -0.3 is 15.0 Å². The number of nitrogens with one attached hydrogen (secondary N) is 1. The van der Waals surface area contributed by atoms with Gasteiger partial charge >= 0.3 is 5.97 Å². The minimum atomic E-state index is -0.529. The number of amides is 1. The van der Waals surface area contributed by atoms with Crippen LogP contribution in [0.15, 0.2) is 0 Å². The molecule has 1 N–H and O–H groups in total. The van der Waals surface area contributed by atoms with Gasteiger partial charge in [-0.25, -0.2) is 9.78 Å². The zero-order chi connectivity index (χ0) is 14.9. The molecular weight excluding hydrogens is 278 g/mol. The summed E-state index contributed by atoms with van der Waals surface area (Å²) in [6.45, 7) is 8.85. The lowest BCUT2D eigenvalue weighted by Crippen LogP contribution is -2.47. The molecule has 1 aliphatic heterocycles. The molecule has 1 aliphatic rings. The van der Waals surface area contributed by atoms with E-state index in [1.165, 1.54) is 11.3 Å². The fraction of sp³-hybridized carbons (Fsp3) is 0.615. The highest BCUT2D eigenvalue weighted by Crippen LogP contribution is 2.28. The lowest BCUT2D eigenvalue weighted by molar-refractivity contribution is -0.120. The molecule has 0 aromatic carbocycles. The molecular formula is C13H19N3O3S. The molecule has 6 nitrogen and oxygen atoms in total. The number of aryl methyl sites for hydroxylation is 1. The monoisotopic (exact) mass is 297 g/mol. The van der Waals surface area contributed by atoms with Crippen LogP contribution in [0, 0.1) is 6.92 Å². The number of hydrogen-bond acceptors (Lipinski definition) is 6. The lowest BCUT2D eigenvalue weighted by atomic mass is 10.2. The minimum absolute atomic E-state index is 0.0251. The molecule has 2 rings (SSSR count). The second-order valence-electron chi connectivity index (χ2n) is 5.68. The molecule has 1 saturated heterocycles. The summed E-state index contributed by atoms with van der Waals surface area (Å²) in [5.74, 6) is -0.386. The van der Waals surface area contributed by atoms with Gasteiger partial charge in [0.25, 0.3) is 0 Å². The Kier molecular flexibility index (Phi) is 3.99. The maximum Gasteiger partial charge on any atom is 0.350 e. The predicted molar refractivity (Wildman–Crippen MR) is 77.2 cm³/mol. The number of esters is 1. The van der Waals surface area contributed by atoms with Crippen molar-refractivity contribution in [3.63, 3.8) is 0 Å². The van der Waals surface area contributed by atoms with Crippen molar-refractivity contribution >= 4 is 28.3 Å². The van der Waals surface area contributed by atoms with Crippen molar-refractivity contribution in [2.24, 2.45) is 0 Å². The van der Waals surface area contributed by atoms with Crippen LogP contribution in [0.3, 0.4) is 0 Å². The topological polar surface area (TPSA) is 71.5 Å². The van der Waals surface area contributed by atoms with Crippen molar-refractivity contribution in [2.75, 3.05) is 24.5 Å². The van der Waals surface area contributed by atoms with Crippen LogP contribution in [0.25, 0.3) is 0 Å². The summed E-state index contributed by atoms with van der Waals surface area (Å²) in [4.78, 5) is 30.2. The minimum Gasteiger partial charge on any atom is -0.456 e. The largest absolute Gasteiger partial charge is 0.456 e. The van der Waals surface area contributed by atoms with Gasteiger partial charge in [0.15, 0.2) is 5.13 Å².